The number of nitrogens with zero attached hydrogens (tertiary/aromatic N) is 1. The van der Waals surface area contributed by atoms with Gasteiger partial charge in [-0.2, -0.15) is 0 Å². The molecular formula is C70H45N. The molecule has 71 heavy (non-hydrogen) atoms. The first kappa shape index (κ1) is 39.1. The van der Waals surface area contributed by atoms with E-state index in [1.807, 2.05) is 0 Å². The highest BCUT2D eigenvalue weighted by Crippen LogP contribution is 2.49. The summed E-state index contributed by atoms with van der Waals surface area (Å²) in [4.78, 5) is 2.64. The van der Waals surface area contributed by atoms with Crippen LogP contribution in [0.1, 0.15) is 18.4 Å². The van der Waals surface area contributed by atoms with Crippen LogP contribution in [0.4, 0.5) is 5.69 Å². The Kier molecular flexibility index (Phi) is 8.19. The van der Waals surface area contributed by atoms with Crippen LogP contribution in [0, 0.1) is 5.92 Å². The lowest BCUT2D eigenvalue weighted by Gasteiger charge is -2.35. The quantitative estimate of drug-likeness (QED) is 0.123. The molecular weight excluding hydrogens is 855 g/mol. The molecule has 1 aliphatic carbocycles. The molecule has 0 bridgehead atoms. The highest BCUT2D eigenvalue weighted by atomic mass is 15.2. The van der Waals surface area contributed by atoms with Crippen LogP contribution in [-0.2, 0) is 0 Å². The molecule has 14 aromatic rings. The Bertz CT molecular complexity index is 4550. The lowest BCUT2D eigenvalue weighted by Crippen LogP contribution is -2.35. The van der Waals surface area contributed by atoms with E-state index in [-0.39, 0.29) is 0 Å². The van der Waals surface area contributed by atoms with Crippen molar-refractivity contribution in [1.29, 1.82) is 0 Å². The zero-order valence-corrected chi connectivity index (χ0v) is 39.0. The first-order valence-corrected chi connectivity index (χ1v) is 25.3. The topological polar surface area (TPSA) is 3.24 Å². The summed E-state index contributed by atoms with van der Waals surface area (Å²) in [6, 6.07) is 79.0. The second-order valence-corrected chi connectivity index (χ2v) is 20.1. The van der Waals surface area contributed by atoms with E-state index in [2.05, 4.69) is 242 Å². The van der Waals surface area contributed by atoms with Crippen LogP contribution in [-0.4, -0.2) is 6.04 Å². The lowest BCUT2D eigenvalue weighted by atomic mass is 9.83. The average molecular weight is 900 g/mol. The molecule has 0 spiro atoms. The number of fused-ring (bicyclic) bond motifs is 6. The summed E-state index contributed by atoms with van der Waals surface area (Å²) in [5.41, 5.74) is 8.83. The van der Waals surface area contributed by atoms with Gasteiger partial charge in [-0.25, -0.2) is 0 Å². The summed E-state index contributed by atoms with van der Waals surface area (Å²) in [7, 11) is 0. The molecule has 0 fully saturated rings. The van der Waals surface area contributed by atoms with Crippen molar-refractivity contribution in [3.63, 3.8) is 0 Å². The molecule has 0 saturated carbocycles. The fourth-order valence-electron chi connectivity index (χ4n) is 13.5. The maximum atomic E-state index is 2.64. The Labute approximate surface area is 411 Å². The van der Waals surface area contributed by atoms with Crippen molar-refractivity contribution >= 4 is 119 Å². The summed E-state index contributed by atoms with van der Waals surface area (Å²) in [5.74, 6) is 0.425. The van der Waals surface area contributed by atoms with E-state index in [9.17, 15) is 0 Å². The highest BCUT2D eigenvalue weighted by Gasteiger charge is 2.33. The molecule has 2 atom stereocenters. The smallest absolute Gasteiger partial charge is 0.0447 e. The monoisotopic (exact) mass is 899 g/mol. The number of allylic oxidation sites excluding steroid dienone is 3. The predicted octanol–water partition coefficient (Wildman–Crippen LogP) is 19.2. The molecule has 0 radical (unpaired) electrons. The zero-order valence-electron chi connectivity index (χ0n) is 39.0. The number of hydrogen-bond donors (Lipinski definition) is 0. The van der Waals surface area contributed by atoms with Gasteiger partial charge < -0.3 is 4.90 Å². The lowest BCUT2D eigenvalue weighted by molar-refractivity contribution is 0.514. The summed E-state index contributed by atoms with van der Waals surface area (Å²) < 4.78 is 0. The number of benzene rings is 14. The minimum Gasteiger partial charge on any atom is -0.337 e. The van der Waals surface area contributed by atoms with E-state index in [1.54, 1.807) is 0 Å². The predicted molar refractivity (Wildman–Crippen MR) is 306 cm³/mol. The summed E-state index contributed by atoms with van der Waals surface area (Å²) >= 11 is 0. The molecule has 14 aromatic carbocycles. The SMILES string of the molecule is C1=CCC(C2CC=C(c3ccccc3)N2c2ccc3cc4c(-c5ccc6c7cccc8cccc(c9cccc5c96)c87)ccc(-c5ccc6c7cccc8cccc(c9cccc5c96)c87)c4cc3c2)C=C1. The molecule has 1 nitrogen and oxygen atoms in total. The van der Waals surface area contributed by atoms with Crippen LogP contribution in [0.15, 0.2) is 237 Å². The standard InChI is InChI=1S/C70H45N/c1-3-13-42(14-4-1)65-37-38-66(43-15-5-2-6-16-43)71(65)48-30-29-46-40-63-51(49-33-35-61-57-23-9-19-44-17-7-21-55(67(44)57)59-27-11-25-53(49)69(59)61)31-32-52(64(63)41-47(46)39-48)50-34-36-62-58-24-10-20-45-18-8-22-56(68(45)58)60-28-12-26-54(50)70(60)62/h1-15,17-37,39-41,43,66H,16,38H2. The van der Waals surface area contributed by atoms with Crippen LogP contribution in [0.25, 0.3) is 136 Å². The van der Waals surface area contributed by atoms with Crippen LogP contribution in [0.3, 0.4) is 0 Å². The van der Waals surface area contributed by atoms with Crippen LogP contribution in [0.2, 0.25) is 0 Å². The Hall–Kier alpha value is -8.78. The fraction of sp³-hybridized carbons (Fsp3) is 0.0571. The second-order valence-electron chi connectivity index (χ2n) is 20.1. The van der Waals surface area contributed by atoms with Crippen molar-refractivity contribution < 1.29 is 0 Å². The Morgan fingerprint density at radius 1 is 0.324 bits per heavy atom. The van der Waals surface area contributed by atoms with Crippen molar-refractivity contribution in [2.24, 2.45) is 5.92 Å². The third-order valence-corrected chi connectivity index (χ3v) is 16.6. The number of rotatable bonds is 5. The van der Waals surface area contributed by atoms with Gasteiger partial charge in [0.25, 0.3) is 0 Å². The van der Waals surface area contributed by atoms with E-state index in [4.69, 9.17) is 0 Å². The summed E-state index contributed by atoms with van der Waals surface area (Å²) in [5, 5.41) is 26.1. The summed E-state index contributed by atoms with van der Waals surface area (Å²) in [6.07, 6.45) is 13.7. The van der Waals surface area contributed by atoms with Gasteiger partial charge in [-0.1, -0.05) is 212 Å². The minimum absolute atomic E-state index is 0.326. The third kappa shape index (κ3) is 5.58. The van der Waals surface area contributed by atoms with Gasteiger partial charge in [0.1, 0.15) is 0 Å². The van der Waals surface area contributed by atoms with Crippen molar-refractivity contribution in [2.75, 3.05) is 4.90 Å². The molecule has 2 aliphatic rings. The molecule has 330 valence electrons. The molecule has 1 heterocycles. The normalized spacial score (nSPS) is 16.3. The maximum Gasteiger partial charge on any atom is 0.0447 e. The van der Waals surface area contributed by atoms with E-state index in [0.717, 1.165) is 12.8 Å². The van der Waals surface area contributed by atoms with Gasteiger partial charge in [-0.15, -0.1) is 0 Å². The van der Waals surface area contributed by atoms with Gasteiger partial charge in [-0.05, 0) is 173 Å². The molecule has 0 amide bonds. The Morgan fingerprint density at radius 2 is 0.803 bits per heavy atom. The van der Waals surface area contributed by atoms with E-state index in [0.29, 0.717) is 12.0 Å². The fourth-order valence-corrected chi connectivity index (χ4v) is 13.5. The van der Waals surface area contributed by atoms with Gasteiger partial charge >= 0.3 is 0 Å². The molecule has 16 rings (SSSR count). The molecule has 0 N–H and O–H groups in total. The van der Waals surface area contributed by atoms with Gasteiger partial charge in [0.15, 0.2) is 0 Å². The average Bonchev–Trinajstić information content (AvgIpc) is 3.89. The largest absolute Gasteiger partial charge is 0.337 e. The molecule has 2 unspecified atom stereocenters. The zero-order chi connectivity index (χ0) is 46.3. The van der Waals surface area contributed by atoms with Gasteiger partial charge in [-0.3, -0.25) is 0 Å². The Balaban J connectivity index is 0.966. The second kappa shape index (κ2) is 14.9. The van der Waals surface area contributed by atoms with E-state index < -0.39 is 0 Å². The van der Waals surface area contributed by atoms with Crippen molar-refractivity contribution in [2.45, 2.75) is 18.9 Å². The Morgan fingerprint density at radius 3 is 1.35 bits per heavy atom. The van der Waals surface area contributed by atoms with Crippen LogP contribution in [0.5, 0.6) is 0 Å². The first-order valence-electron chi connectivity index (χ1n) is 25.3. The van der Waals surface area contributed by atoms with E-state index in [1.165, 1.54) is 147 Å². The van der Waals surface area contributed by atoms with Crippen LogP contribution < -0.4 is 4.90 Å². The van der Waals surface area contributed by atoms with Crippen molar-refractivity contribution in [1.82, 2.24) is 0 Å². The number of anilines is 1. The van der Waals surface area contributed by atoms with E-state index >= 15 is 0 Å². The van der Waals surface area contributed by atoms with Gasteiger partial charge in [0, 0.05) is 23.3 Å². The van der Waals surface area contributed by atoms with Crippen molar-refractivity contribution in [3.05, 3.63) is 242 Å². The maximum absolute atomic E-state index is 2.64. The first-order chi connectivity index (χ1) is 35.2. The van der Waals surface area contributed by atoms with Crippen LogP contribution >= 0.6 is 0 Å². The van der Waals surface area contributed by atoms with Crippen molar-refractivity contribution in [3.8, 4) is 22.3 Å². The molecule has 1 heteroatoms. The summed E-state index contributed by atoms with van der Waals surface area (Å²) in [6.45, 7) is 0. The van der Waals surface area contributed by atoms with Gasteiger partial charge in [0.2, 0.25) is 0 Å². The highest BCUT2D eigenvalue weighted by molar-refractivity contribution is 6.36. The molecule has 1 aliphatic heterocycles. The molecule has 0 aromatic heterocycles. The number of hydrogen-bond acceptors (Lipinski definition) is 1. The third-order valence-electron chi connectivity index (χ3n) is 16.6. The minimum atomic E-state index is 0.326. The molecule has 0 saturated heterocycles. The van der Waals surface area contributed by atoms with Gasteiger partial charge in [0.05, 0.1) is 0 Å².